The van der Waals surface area contributed by atoms with Crippen molar-refractivity contribution in [1.29, 1.82) is 0 Å². The zero-order chi connectivity index (χ0) is 19.6. The molecule has 2 aromatic rings. The molecule has 1 aliphatic heterocycles. The minimum absolute atomic E-state index is 0.0418. The van der Waals surface area contributed by atoms with Crippen LogP contribution in [0.15, 0.2) is 47.5 Å². The smallest absolute Gasteiger partial charge is 0.272 e. The quantitative estimate of drug-likeness (QED) is 0.647. The number of aromatic nitrogens is 1. The van der Waals surface area contributed by atoms with Crippen molar-refractivity contribution in [2.75, 3.05) is 35.7 Å². The van der Waals surface area contributed by atoms with Gasteiger partial charge in [-0.1, -0.05) is 19.9 Å². The lowest BCUT2D eigenvalue weighted by atomic mass is 9.99. The summed E-state index contributed by atoms with van der Waals surface area (Å²) in [5.41, 5.74) is 1.20. The lowest BCUT2D eigenvalue weighted by molar-refractivity contribution is 0.0171. The fourth-order valence-electron chi connectivity index (χ4n) is 3.52. The van der Waals surface area contributed by atoms with Gasteiger partial charge in [0.25, 0.3) is 5.92 Å². The molecule has 0 N–H and O–H groups in total. The van der Waals surface area contributed by atoms with Crippen LogP contribution in [0.1, 0.15) is 26.3 Å². The number of halogens is 2. The molecule has 1 atom stereocenters. The summed E-state index contributed by atoms with van der Waals surface area (Å²) in [4.78, 5) is 10.3. The van der Waals surface area contributed by atoms with E-state index in [9.17, 15) is 8.78 Å². The zero-order valence-electron chi connectivity index (χ0n) is 16.3. The molecule has 0 bridgehead atoms. The Labute approximate surface area is 164 Å². The Morgan fingerprint density at radius 3 is 2.56 bits per heavy atom. The van der Waals surface area contributed by atoms with E-state index in [1.54, 1.807) is 17.8 Å². The number of nitrogens with zero attached hydrogens (tertiary/aromatic N) is 3. The van der Waals surface area contributed by atoms with Gasteiger partial charge < -0.3 is 9.80 Å². The molecule has 1 saturated heterocycles. The molecular weight excluding hydrogens is 364 g/mol. The number of hydrogen-bond donors (Lipinski definition) is 0. The second kappa shape index (κ2) is 8.05. The van der Waals surface area contributed by atoms with E-state index < -0.39 is 5.92 Å². The Bertz CT molecular complexity index is 759. The second-order valence-electron chi connectivity index (χ2n) is 7.45. The van der Waals surface area contributed by atoms with Crippen LogP contribution in [0.2, 0.25) is 0 Å². The summed E-state index contributed by atoms with van der Waals surface area (Å²) in [7, 11) is 0. The number of piperazine rings is 1. The molecule has 0 radical (unpaired) electrons. The van der Waals surface area contributed by atoms with Crippen molar-refractivity contribution in [3.05, 3.63) is 48.2 Å². The standard InChI is InChI=1S/C21H27F2N3S/c1-15(2)19-14-25(17-6-5-7-18(12-17)27-4)10-11-26(19)20-9-8-16(13-24-20)21(3,22)23/h5-9,12-13,15,19H,10-11,14H2,1-4H3. The largest absolute Gasteiger partial charge is 0.368 e. The van der Waals surface area contributed by atoms with Crippen LogP contribution in [-0.4, -0.2) is 36.9 Å². The molecule has 1 aliphatic rings. The number of hydrogen-bond acceptors (Lipinski definition) is 4. The van der Waals surface area contributed by atoms with Crippen molar-refractivity contribution in [2.24, 2.45) is 5.92 Å². The van der Waals surface area contributed by atoms with Crippen LogP contribution >= 0.6 is 11.8 Å². The Hall–Kier alpha value is -1.82. The fraction of sp³-hybridized carbons (Fsp3) is 0.476. The van der Waals surface area contributed by atoms with Crippen molar-refractivity contribution in [3.8, 4) is 0 Å². The summed E-state index contributed by atoms with van der Waals surface area (Å²) in [5.74, 6) is -1.66. The molecule has 6 heteroatoms. The Kier molecular flexibility index (Phi) is 5.94. The maximum absolute atomic E-state index is 13.5. The third-order valence-electron chi connectivity index (χ3n) is 5.16. The first kappa shape index (κ1) is 19.9. The van der Waals surface area contributed by atoms with Crippen LogP contribution in [0, 0.1) is 5.92 Å². The summed E-state index contributed by atoms with van der Waals surface area (Å²) in [5, 5.41) is 0. The zero-order valence-corrected chi connectivity index (χ0v) is 17.1. The number of pyridine rings is 1. The molecule has 1 unspecified atom stereocenters. The third-order valence-corrected chi connectivity index (χ3v) is 5.88. The van der Waals surface area contributed by atoms with Gasteiger partial charge in [0.1, 0.15) is 5.82 Å². The van der Waals surface area contributed by atoms with E-state index in [1.165, 1.54) is 22.8 Å². The second-order valence-corrected chi connectivity index (χ2v) is 8.33. The van der Waals surface area contributed by atoms with E-state index in [-0.39, 0.29) is 11.6 Å². The molecule has 0 aliphatic carbocycles. The number of alkyl halides is 2. The highest BCUT2D eigenvalue weighted by atomic mass is 32.2. The minimum Gasteiger partial charge on any atom is -0.368 e. The van der Waals surface area contributed by atoms with Crippen molar-refractivity contribution in [2.45, 2.75) is 37.6 Å². The van der Waals surface area contributed by atoms with Gasteiger partial charge in [-0.3, -0.25) is 0 Å². The number of rotatable bonds is 5. The topological polar surface area (TPSA) is 19.4 Å². The van der Waals surface area contributed by atoms with Gasteiger partial charge in [0, 0.05) is 48.9 Å². The highest BCUT2D eigenvalue weighted by Gasteiger charge is 2.31. The van der Waals surface area contributed by atoms with Gasteiger partial charge in [-0.2, -0.15) is 0 Å². The Balaban J connectivity index is 1.80. The van der Waals surface area contributed by atoms with Crippen molar-refractivity contribution in [1.82, 2.24) is 4.98 Å². The average Bonchev–Trinajstić information content (AvgIpc) is 2.67. The third kappa shape index (κ3) is 4.54. The van der Waals surface area contributed by atoms with Gasteiger partial charge in [-0.05, 0) is 42.5 Å². The number of thioether (sulfide) groups is 1. The molecule has 3 rings (SSSR count). The van der Waals surface area contributed by atoms with Gasteiger partial charge in [0.2, 0.25) is 0 Å². The monoisotopic (exact) mass is 391 g/mol. The SMILES string of the molecule is CSc1cccc(N2CCN(c3ccc(C(C)(F)F)cn3)C(C(C)C)C2)c1. The van der Waals surface area contributed by atoms with E-state index in [0.29, 0.717) is 5.92 Å². The maximum atomic E-state index is 13.5. The Morgan fingerprint density at radius 2 is 1.96 bits per heavy atom. The molecule has 0 saturated carbocycles. The summed E-state index contributed by atoms with van der Waals surface area (Å²) in [6.45, 7) is 7.91. The number of benzene rings is 1. The van der Waals surface area contributed by atoms with Gasteiger partial charge in [-0.25, -0.2) is 13.8 Å². The lowest BCUT2D eigenvalue weighted by Gasteiger charge is -2.45. The first-order valence-corrected chi connectivity index (χ1v) is 10.5. The first-order chi connectivity index (χ1) is 12.8. The molecule has 0 spiro atoms. The summed E-state index contributed by atoms with van der Waals surface area (Å²) >= 11 is 1.75. The van der Waals surface area contributed by atoms with Crippen molar-refractivity contribution >= 4 is 23.3 Å². The molecule has 0 amide bonds. The molecule has 2 heterocycles. The number of anilines is 2. The van der Waals surface area contributed by atoms with Gasteiger partial charge in [0.15, 0.2) is 0 Å². The highest BCUT2D eigenvalue weighted by Crippen LogP contribution is 2.31. The maximum Gasteiger partial charge on any atom is 0.272 e. The fourth-order valence-corrected chi connectivity index (χ4v) is 3.98. The van der Waals surface area contributed by atoms with Crippen LogP contribution in [0.5, 0.6) is 0 Å². The van der Waals surface area contributed by atoms with Crippen molar-refractivity contribution < 1.29 is 8.78 Å². The predicted octanol–water partition coefficient (Wildman–Crippen LogP) is 5.27. The molecular formula is C21H27F2N3S. The Morgan fingerprint density at radius 1 is 1.19 bits per heavy atom. The molecule has 3 nitrogen and oxygen atoms in total. The van der Waals surface area contributed by atoms with E-state index in [4.69, 9.17) is 0 Å². The van der Waals surface area contributed by atoms with Gasteiger partial charge in [-0.15, -0.1) is 11.8 Å². The predicted molar refractivity (Wildman–Crippen MR) is 110 cm³/mol. The molecule has 1 fully saturated rings. The van der Waals surface area contributed by atoms with Crippen LogP contribution < -0.4 is 9.80 Å². The average molecular weight is 392 g/mol. The molecule has 1 aromatic carbocycles. The first-order valence-electron chi connectivity index (χ1n) is 9.29. The minimum atomic E-state index is -2.86. The van der Waals surface area contributed by atoms with Crippen LogP contribution in [0.4, 0.5) is 20.3 Å². The van der Waals surface area contributed by atoms with E-state index in [1.807, 2.05) is 0 Å². The normalized spacial score (nSPS) is 18.3. The molecule has 27 heavy (non-hydrogen) atoms. The van der Waals surface area contributed by atoms with Crippen LogP contribution in [0.3, 0.4) is 0 Å². The summed E-state index contributed by atoms with van der Waals surface area (Å²) in [6, 6.07) is 12.1. The van der Waals surface area contributed by atoms with E-state index >= 15 is 0 Å². The van der Waals surface area contributed by atoms with E-state index in [0.717, 1.165) is 32.4 Å². The summed E-state index contributed by atoms with van der Waals surface area (Å²) in [6.07, 6.45) is 3.39. The molecule has 1 aromatic heterocycles. The highest BCUT2D eigenvalue weighted by molar-refractivity contribution is 7.98. The van der Waals surface area contributed by atoms with E-state index in [2.05, 4.69) is 59.2 Å². The van der Waals surface area contributed by atoms with Crippen LogP contribution in [-0.2, 0) is 5.92 Å². The van der Waals surface area contributed by atoms with Crippen LogP contribution in [0.25, 0.3) is 0 Å². The molecule has 146 valence electrons. The van der Waals surface area contributed by atoms with Gasteiger partial charge in [0.05, 0.1) is 6.04 Å². The van der Waals surface area contributed by atoms with Gasteiger partial charge >= 0.3 is 0 Å². The lowest BCUT2D eigenvalue weighted by Crippen LogP contribution is -2.55. The van der Waals surface area contributed by atoms with Crippen molar-refractivity contribution in [3.63, 3.8) is 0 Å². The summed E-state index contributed by atoms with van der Waals surface area (Å²) < 4.78 is 26.9.